The molecular formula is C54H33N7O. The van der Waals surface area contributed by atoms with E-state index in [9.17, 15) is 0 Å². The minimum absolute atomic E-state index is 0.514. The molecule has 8 heteroatoms. The van der Waals surface area contributed by atoms with Gasteiger partial charge in [-0.2, -0.15) is 0 Å². The highest BCUT2D eigenvalue weighted by atomic mass is 16.3. The molecule has 0 aliphatic rings. The average molecular weight is 796 g/mol. The Morgan fingerprint density at radius 1 is 0.306 bits per heavy atom. The summed E-state index contributed by atoms with van der Waals surface area (Å²) in [6.45, 7) is 0. The number of nitrogens with zero attached hydrogens (tertiary/aromatic N) is 7. The molecule has 0 atom stereocenters. The largest absolute Gasteiger partial charge is 0.455 e. The molecule has 62 heavy (non-hydrogen) atoms. The molecule has 290 valence electrons. The predicted molar refractivity (Wildman–Crippen MR) is 247 cm³/mol. The van der Waals surface area contributed by atoms with Crippen LogP contribution in [0, 0.1) is 0 Å². The molecule has 0 unspecified atom stereocenters. The molecule has 4 heterocycles. The van der Waals surface area contributed by atoms with Gasteiger partial charge in [-0.1, -0.05) is 158 Å². The van der Waals surface area contributed by atoms with Crippen molar-refractivity contribution in [3.63, 3.8) is 0 Å². The van der Waals surface area contributed by atoms with Crippen molar-refractivity contribution >= 4 is 43.7 Å². The van der Waals surface area contributed by atoms with Crippen molar-refractivity contribution < 1.29 is 4.42 Å². The molecule has 12 aromatic rings. The molecule has 0 radical (unpaired) electrons. The fraction of sp³-hybridized carbons (Fsp3) is 0. The zero-order valence-corrected chi connectivity index (χ0v) is 33.1. The Balaban J connectivity index is 1.02. The van der Waals surface area contributed by atoms with Gasteiger partial charge in [-0.15, -0.1) is 0 Å². The monoisotopic (exact) mass is 795 g/mol. The summed E-state index contributed by atoms with van der Waals surface area (Å²) in [6.07, 6.45) is 0. The van der Waals surface area contributed by atoms with E-state index in [2.05, 4.69) is 83.4 Å². The van der Waals surface area contributed by atoms with Crippen LogP contribution in [0.5, 0.6) is 0 Å². The lowest BCUT2D eigenvalue weighted by Gasteiger charge is -2.10. The van der Waals surface area contributed by atoms with Gasteiger partial charge in [0.05, 0.1) is 16.6 Å². The Labute approximate surface area is 355 Å². The summed E-state index contributed by atoms with van der Waals surface area (Å²) in [5.74, 6) is 3.40. The molecule has 8 nitrogen and oxygen atoms in total. The Kier molecular flexibility index (Phi) is 8.31. The highest BCUT2D eigenvalue weighted by Gasteiger charge is 2.21. The van der Waals surface area contributed by atoms with Crippen LogP contribution < -0.4 is 0 Å². The number of rotatable bonds is 7. The normalized spacial score (nSPS) is 11.5. The van der Waals surface area contributed by atoms with Crippen LogP contribution in [0.1, 0.15) is 0 Å². The van der Waals surface area contributed by atoms with Crippen molar-refractivity contribution in [2.75, 3.05) is 0 Å². The SMILES string of the molecule is c1ccc(-c2nc(-c3ccccc3)nc(-c3ccc4c(c3)oc3c(-c5nc(-c6ccccc6)nc(-c6ccc7c8ccccc8n(-c8ccccc8)c7c6)n5)cccc34)n2)cc1. The Hall–Kier alpha value is -8.62. The van der Waals surface area contributed by atoms with E-state index in [0.717, 1.165) is 66.3 Å². The van der Waals surface area contributed by atoms with Crippen molar-refractivity contribution in [3.05, 3.63) is 200 Å². The molecular weight excluding hydrogens is 763 g/mol. The van der Waals surface area contributed by atoms with E-state index in [1.54, 1.807) is 0 Å². The zero-order chi connectivity index (χ0) is 41.0. The standard InChI is InChI=1S/C54H33N7O/c1-5-16-34(17-6-1)49-55-50(35-18-7-2-8-19-35)57-53(56-49)38-29-31-42-43-25-15-26-44(48(43)62-47(42)33-38)54-59-51(36-20-9-3-10-21-36)58-52(60-54)37-28-30-41-40-24-13-14-27-45(40)61(46(41)32-37)39-22-11-4-12-23-39/h1-33H. The molecule has 0 aliphatic carbocycles. The van der Waals surface area contributed by atoms with Crippen molar-refractivity contribution in [2.45, 2.75) is 0 Å². The fourth-order valence-electron chi connectivity index (χ4n) is 8.36. The number of hydrogen-bond acceptors (Lipinski definition) is 7. The third kappa shape index (κ3) is 6.09. The average Bonchev–Trinajstić information content (AvgIpc) is 3.90. The predicted octanol–water partition coefficient (Wildman–Crippen LogP) is 13.1. The minimum atomic E-state index is 0.514. The van der Waals surface area contributed by atoms with Crippen LogP contribution in [0.15, 0.2) is 205 Å². The van der Waals surface area contributed by atoms with Crippen LogP contribution in [0.25, 0.3) is 118 Å². The van der Waals surface area contributed by atoms with E-state index >= 15 is 0 Å². The summed E-state index contributed by atoms with van der Waals surface area (Å²) >= 11 is 0. The highest BCUT2D eigenvalue weighted by molar-refractivity contribution is 6.11. The van der Waals surface area contributed by atoms with E-state index in [-0.39, 0.29) is 0 Å². The smallest absolute Gasteiger partial charge is 0.167 e. The summed E-state index contributed by atoms with van der Waals surface area (Å²) in [5, 5.41) is 4.25. The first-order valence-electron chi connectivity index (χ1n) is 20.5. The van der Waals surface area contributed by atoms with Gasteiger partial charge in [0, 0.05) is 55.0 Å². The van der Waals surface area contributed by atoms with Gasteiger partial charge >= 0.3 is 0 Å². The second-order valence-electron chi connectivity index (χ2n) is 15.1. The Morgan fingerprint density at radius 2 is 0.758 bits per heavy atom. The van der Waals surface area contributed by atoms with Crippen LogP contribution in [0.4, 0.5) is 0 Å². The fourth-order valence-corrected chi connectivity index (χ4v) is 8.36. The molecule has 4 aromatic heterocycles. The minimum Gasteiger partial charge on any atom is -0.455 e. The summed E-state index contributed by atoms with van der Waals surface area (Å²) in [6, 6.07) is 67.7. The third-order valence-corrected chi connectivity index (χ3v) is 11.3. The molecule has 8 aromatic carbocycles. The van der Waals surface area contributed by atoms with Gasteiger partial charge in [-0.25, -0.2) is 29.9 Å². The topological polar surface area (TPSA) is 95.4 Å². The molecule has 0 aliphatic heterocycles. The lowest BCUT2D eigenvalue weighted by Crippen LogP contribution is -2.00. The summed E-state index contributed by atoms with van der Waals surface area (Å²) < 4.78 is 9.11. The number of fused-ring (bicyclic) bond motifs is 6. The Morgan fingerprint density at radius 3 is 1.35 bits per heavy atom. The number of aromatic nitrogens is 7. The number of furan rings is 1. The molecule has 0 bridgehead atoms. The van der Waals surface area contributed by atoms with Gasteiger partial charge in [0.1, 0.15) is 11.2 Å². The van der Waals surface area contributed by atoms with Crippen LogP contribution in [-0.4, -0.2) is 34.5 Å². The summed E-state index contributed by atoms with van der Waals surface area (Å²) in [4.78, 5) is 30.2. The summed E-state index contributed by atoms with van der Waals surface area (Å²) in [7, 11) is 0. The molecule has 12 rings (SSSR count). The van der Waals surface area contributed by atoms with Crippen LogP contribution in [-0.2, 0) is 0 Å². The van der Waals surface area contributed by atoms with Crippen molar-refractivity contribution in [3.8, 4) is 74.0 Å². The van der Waals surface area contributed by atoms with E-state index < -0.39 is 0 Å². The van der Waals surface area contributed by atoms with E-state index in [1.807, 2.05) is 121 Å². The quantitative estimate of drug-likeness (QED) is 0.158. The molecule has 0 N–H and O–H groups in total. The van der Waals surface area contributed by atoms with Crippen LogP contribution in [0.2, 0.25) is 0 Å². The van der Waals surface area contributed by atoms with Crippen molar-refractivity contribution in [1.29, 1.82) is 0 Å². The molecule has 0 saturated heterocycles. The van der Waals surface area contributed by atoms with Crippen LogP contribution in [0.3, 0.4) is 0 Å². The van der Waals surface area contributed by atoms with E-state index in [1.165, 1.54) is 5.39 Å². The van der Waals surface area contributed by atoms with Gasteiger partial charge in [0.15, 0.2) is 34.9 Å². The van der Waals surface area contributed by atoms with E-state index in [0.29, 0.717) is 46.1 Å². The first kappa shape index (κ1) is 35.3. The summed E-state index contributed by atoms with van der Waals surface area (Å²) in [5.41, 5.74) is 9.83. The maximum Gasteiger partial charge on any atom is 0.167 e. The lowest BCUT2D eigenvalue weighted by atomic mass is 10.1. The third-order valence-electron chi connectivity index (χ3n) is 11.3. The molecule has 0 amide bonds. The maximum absolute atomic E-state index is 6.80. The molecule has 0 spiro atoms. The second-order valence-corrected chi connectivity index (χ2v) is 15.1. The number of hydrogen-bond donors (Lipinski definition) is 0. The van der Waals surface area contributed by atoms with Gasteiger partial charge in [0.25, 0.3) is 0 Å². The van der Waals surface area contributed by atoms with E-state index in [4.69, 9.17) is 34.3 Å². The maximum atomic E-state index is 6.80. The van der Waals surface area contributed by atoms with Gasteiger partial charge in [-0.3, -0.25) is 0 Å². The first-order valence-corrected chi connectivity index (χ1v) is 20.5. The Bertz CT molecular complexity index is 3570. The van der Waals surface area contributed by atoms with Crippen molar-refractivity contribution in [2.24, 2.45) is 0 Å². The van der Waals surface area contributed by atoms with Gasteiger partial charge in [0.2, 0.25) is 0 Å². The molecule has 0 fully saturated rings. The van der Waals surface area contributed by atoms with Crippen LogP contribution >= 0.6 is 0 Å². The second kappa shape index (κ2) is 14.6. The zero-order valence-electron chi connectivity index (χ0n) is 33.1. The number of benzene rings is 8. The molecule has 0 saturated carbocycles. The first-order chi connectivity index (χ1) is 30.7. The van der Waals surface area contributed by atoms with Gasteiger partial charge < -0.3 is 8.98 Å². The number of para-hydroxylation sites is 3. The van der Waals surface area contributed by atoms with Crippen molar-refractivity contribution in [1.82, 2.24) is 34.5 Å². The highest BCUT2D eigenvalue weighted by Crippen LogP contribution is 2.39. The lowest BCUT2D eigenvalue weighted by molar-refractivity contribution is 0.669. The van der Waals surface area contributed by atoms with Gasteiger partial charge in [-0.05, 0) is 42.5 Å².